The van der Waals surface area contributed by atoms with Crippen LogP contribution in [0.15, 0.2) is 29.2 Å². The number of esters is 2. The van der Waals surface area contributed by atoms with Crippen LogP contribution in [0.3, 0.4) is 0 Å². The summed E-state index contributed by atoms with van der Waals surface area (Å²) in [6, 6.07) is 4.54. The van der Waals surface area contributed by atoms with E-state index < -0.39 is 38.8 Å². The molecule has 4 aliphatic rings. The summed E-state index contributed by atoms with van der Waals surface area (Å²) < 4.78 is 49.4. The van der Waals surface area contributed by atoms with E-state index in [1.54, 1.807) is 11.8 Å². The van der Waals surface area contributed by atoms with Crippen LogP contribution in [-0.4, -0.2) is 64.9 Å². The number of ether oxygens (including phenoxy) is 3. The number of thioether (sulfide) groups is 1. The van der Waals surface area contributed by atoms with E-state index in [0.717, 1.165) is 25.0 Å². The zero-order chi connectivity index (χ0) is 22.0. The molecule has 2 bridgehead atoms. The summed E-state index contributed by atoms with van der Waals surface area (Å²) in [6.07, 6.45) is 2.20. The molecule has 6 atom stereocenters. The first-order valence-corrected chi connectivity index (χ1v) is 12.5. The molecule has 3 aliphatic heterocycles. The van der Waals surface area contributed by atoms with E-state index in [0.29, 0.717) is 12.8 Å². The first-order chi connectivity index (χ1) is 14.7. The Hall–Kier alpha value is -1.66. The van der Waals surface area contributed by atoms with Gasteiger partial charge in [0.25, 0.3) is 0 Å². The number of fused-ring (bicyclic) bond motifs is 1. The van der Waals surface area contributed by atoms with Crippen LogP contribution in [0.2, 0.25) is 0 Å². The van der Waals surface area contributed by atoms with Crippen molar-refractivity contribution in [1.82, 2.24) is 0 Å². The Morgan fingerprint density at radius 1 is 1.23 bits per heavy atom. The Morgan fingerprint density at radius 3 is 2.55 bits per heavy atom. The van der Waals surface area contributed by atoms with E-state index in [1.165, 1.54) is 12.1 Å². The third-order valence-electron chi connectivity index (χ3n) is 6.73. The normalized spacial score (nSPS) is 35.4. The highest BCUT2D eigenvalue weighted by molar-refractivity contribution is 8.01. The third kappa shape index (κ3) is 3.56. The van der Waals surface area contributed by atoms with Crippen LogP contribution >= 0.6 is 11.8 Å². The molecule has 11 heteroatoms. The molecule has 3 heterocycles. The summed E-state index contributed by atoms with van der Waals surface area (Å²) >= 11 is 1.61. The number of benzene rings is 1. The molecular formula is C20H21O9S2-. The maximum Gasteiger partial charge on any atom is 0.337 e. The van der Waals surface area contributed by atoms with Crippen molar-refractivity contribution >= 4 is 33.8 Å². The maximum atomic E-state index is 12.5. The molecule has 5 rings (SSSR count). The number of aliphatic hydroxyl groups is 1. The minimum Gasteiger partial charge on any atom is -0.744 e. The Kier molecular flexibility index (Phi) is 5.09. The van der Waals surface area contributed by atoms with Crippen LogP contribution < -0.4 is 4.74 Å². The van der Waals surface area contributed by atoms with Crippen LogP contribution in [0.25, 0.3) is 0 Å². The number of rotatable bonds is 6. The van der Waals surface area contributed by atoms with Gasteiger partial charge in [0.05, 0.1) is 21.7 Å². The van der Waals surface area contributed by atoms with Gasteiger partial charge >= 0.3 is 11.9 Å². The first kappa shape index (κ1) is 21.2. The molecule has 9 nitrogen and oxygen atoms in total. The number of carbonyl (C=O) groups is 2. The van der Waals surface area contributed by atoms with Gasteiger partial charge in [0, 0.05) is 11.2 Å². The molecule has 0 spiro atoms. The average Bonchev–Trinajstić information content (AvgIpc) is 3.43. The fourth-order valence-corrected chi connectivity index (χ4v) is 8.10. The standard InChI is InChI=1S/C20H22O9S2/c21-12(28-10-3-5-11(6-4-10)31(24,25)26)9-27-15-16-17-13(19(22)29-16)14(18(15)30-17)20(23)7-1-2-8-20/h3-6,13-18,23H,1-2,7-9H2,(H,24,25,26)/p-1. The summed E-state index contributed by atoms with van der Waals surface area (Å²) in [5.41, 5.74) is -0.906. The van der Waals surface area contributed by atoms with E-state index >= 15 is 0 Å². The van der Waals surface area contributed by atoms with Crippen molar-refractivity contribution in [3.05, 3.63) is 24.3 Å². The molecular weight excluding hydrogens is 448 g/mol. The zero-order valence-corrected chi connectivity index (χ0v) is 18.0. The Bertz CT molecular complexity index is 1000. The number of hydrogen-bond acceptors (Lipinski definition) is 10. The monoisotopic (exact) mass is 469 g/mol. The van der Waals surface area contributed by atoms with Crippen molar-refractivity contribution in [2.24, 2.45) is 11.8 Å². The van der Waals surface area contributed by atoms with E-state index in [4.69, 9.17) is 14.2 Å². The molecule has 1 aromatic rings. The van der Waals surface area contributed by atoms with Crippen molar-refractivity contribution in [3.8, 4) is 5.75 Å². The Balaban J connectivity index is 1.24. The van der Waals surface area contributed by atoms with E-state index in [9.17, 15) is 27.7 Å². The van der Waals surface area contributed by atoms with E-state index in [2.05, 4.69) is 0 Å². The van der Waals surface area contributed by atoms with Gasteiger partial charge in [-0.3, -0.25) is 4.79 Å². The molecule has 1 aliphatic carbocycles. The first-order valence-electron chi connectivity index (χ1n) is 10.1. The second-order valence-electron chi connectivity index (χ2n) is 8.50. The molecule has 1 saturated carbocycles. The lowest BCUT2D eigenvalue weighted by molar-refractivity contribution is -0.150. The average molecular weight is 470 g/mol. The second kappa shape index (κ2) is 7.45. The molecule has 31 heavy (non-hydrogen) atoms. The lowest BCUT2D eigenvalue weighted by atomic mass is 9.69. The molecule has 1 aromatic carbocycles. The van der Waals surface area contributed by atoms with E-state index in [1.807, 2.05) is 0 Å². The molecule has 0 amide bonds. The molecule has 6 unspecified atom stereocenters. The van der Waals surface area contributed by atoms with Crippen LogP contribution in [-0.2, 0) is 29.2 Å². The van der Waals surface area contributed by atoms with Crippen LogP contribution in [0, 0.1) is 11.8 Å². The SMILES string of the molecule is O=C(COC1C2OC(=O)C3C2SC1C3C1(O)CCCC1)Oc1ccc(S(=O)(=O)[O-])cc1. The van der Waals surface area contributed by atoms with Crippen molar-refractivity contribution in [2.45, 2.75) is 58.9 Å². The van der Waals surface area contributed by atoms with Crippen LogP contribution in [0.4, 0.5) is 0 Å². The molecule has 168 valence electrons. The van der Waals surface area contributed by atoms with Gasteiger partial charge in [-0.05, 0) is 37.1 Å². The zero-order valence-electron chi connectivity index (χ0n) is 16.3. The van der Waals surface area contributed by atoms with Gasteiger partial charge in [0.2, 0.25) is 0 Å². The predicted molar refractivity (Wildman–Crippen MR) is 105 cm³/mol. The van der Waals surface area contributed by atoms with Gasteiger partial charge in [-0.1, -0.05) is 12.8 Å². The minimum atomic E-state index is -4.58. The summed E-state index contributed by atoms with van der Waals surface area (Å²) in [7, 11) is -4.58. The highest BCUT2D eigenvalue weighted by Crippen LogP contribution is 2.63. The molecule has 0 aromatic heterocycles. The Labute approximate surface area is 183 Å². The number of hydrogen-bond donors (Lipinski definition) is 1. The topological polar surface area (TPSA) is 139 Å². The van der Waals surface area contributed by atoms with Crippen LogP contribution in [0.1, 0.15) is 25.7 Å². The quantitative estimate of drug-likeness (QED) is 0.362. The predicted octanol–water partition coefficient (Wildman–Crippen LogP) is 0.842. The fourth-order valence-electron chi connectivity index (χ4n) is 5.47. The van der Waals surface area contributed by atoms with Gasteiger partial charge < -0.3 is 23.9 Å². The summed E-state index contributed by atoms with van der Waals surface area (Å²) in [5, 5.41) is 11.0. The Morgan fingerprint density at radius 2 is 1.90 bits per heavy atom. The highest BCUT2D eigenvalue weighted by Gasteiger charge is 2.71. The lowest BCUT2D eigenvalue weighted by Crippen LogP contribution is -2.53. The van der Waals surface area contributed by atoms with Gasteiger partial charge in [0.1, 0.15) is 34.7 Å². The minimum absolute atomic E-state index is 0.0743. The van der Waals surface area contributed by atoms with Crippen molar-refractivity contribution in [1.29, 1.82) is 0 Å². The van der Waals surface area contributed by atoms with Gasteiger partial charge in [0.15, 0.2) is 0 Å². The largest absolute Gasteiger partial charge is 0.744 e. The summed E-state index contributed by atoms with van der Waals surface area (Å²) in [5.74, 6) is -1.50. The second-order valence-corrected chi connectivity index (χ2v) is 11.2. The maximum absolute atomic E-state index is 12.5. The van der Waals surface area contributed by atoms with Crippen molar-refractivity contribution < 1.29 is 41.9 Å². The van der Waals surface area contributed by atoms with Gasteiger partial charge in [-0.25, -0.2) is 13.2 Å². The third-order valence-corrected chi connectivity index (χ3v) is 9.33. The van der Waals surface area contributed by atoms with Crippen LogP contribution in [0.5, 0.6) is 5.75 Å². The van der Waals surface area contributed by atoms with Gasteiger partial charge in [-0.2, -0.15) is 0 Å². The molecule has 0 radical (unpaired) electrons. The van der Waals surface area contributed by atoms with Gasteiger partial charge in [-0.15, -0.1) is 11.8 Å². The smallest absolute Gasteiger partial charge is 0.337 e. The summed E-state index contributed by atoms with van der Waals surface area (Å²) in [4.78, 5) is 24.3. The van der Waals surface area contributed by atoms with E-state index in [-0.39, 0.29) is 40.7 Å². The molecule has 3 saturated heterocycles. The number of carbonyl (C=O) groups excluding carboxylic acids is 2. The van der Waals surface area contributed by atoms with Crippen molar-refractivity contribution in [2.75, 3.05) is 6.61 Å². The fraction of sp³-hybridized carbons (Fsp3) is 0.600. The lowest BCUT2D eigenvalue weighted by Gasteiger charge is -2.39. The molecule has 1 N–H and O–H groups in total. The molecule has 4 fully saturated rings. The highest BCUT2D eigenvalue weighted by atomic mass is 32.2. The summed E-state index contributed by atoms with van der Waals surface area (Å²) in [6.45, 7) is -0.389. The van der Waals surface area contributed by atoms with Crippen molar-refractivity contribution in [3.63, 3.8) is 0 Å².